The first-order valence-corrected chi connectivity index (χ1v) is 6.34. The lowest BCUT2D eigenvalue weighted by Crippen LogP contribution is -2.29. The van der Waals surface area contributed by atoms with Crippen LogP contribution in [0.15, 0.2) is 12.3 Å². The van der Waals surface area contributed by atoms with Gasteiger partial charge in [0.2, 0.25) is 5.91 Å². The average molecular weight is 245 g/mol. The number of amides is 1. The van der Waals surface area contributed by atoms with Crippen LogP contribution in [0, 0.1) is 24.2 Å². The summed E-state index contributed by atoms with van der Waals surface area (Å²) in [5.74, 6) is 4.10. The van der Waals surface area contributed by atoms with Crippen molar-refractivity contribution in [2.24, 2.45) is 11.8 Å². The zero-order chi connectivity index (χ0) is 13.3. The van der Waals surface area contributed by atoms with Gasteiger partial charge in [0.05, 0.1) is 12.2 Å². The molecule has 4 nitrogen and oxygen atoms in total. The average Bonchev–Trinajstić information content (AvgIpc) is 2.93. The smallest absolute Gasteiger partial charge is 0.229 e. The maximum absolute atomic E-state index is 12.0. The van der Waals surface area contributed by atoms with E-state index in [1.165, 1.54) is 0 Å². The van der Waals surface area contributed by atoms with Crippen molar-refractivity contribution >= 4 is 11.7 Å². The van der Waals surface area contributed by atoms with E-state index < -0.39 is 0 Å². The molecule has 2 rings (SSSR count). The highest BCUT2D eigenvalue weighted by Crippen LogP contribution is 2.28. The van der Waals surface area contributed by atoms with E-state index in [2.05, 4.69) is 31.8 Å². The Labute approximate surface area is 108 Å². The Balaban J connectivity index is 2.28. The van der Waals surface area contributed by atoms with Crippen LogP contribution in [-0.4, -0.2) is 22.2 Å². The molecule has 1 aromatic heterocycles. The maximum atomic E-state index is 12.0. The number of rotatable bonds is 3. The third-order valence-corrected chi connectivity index (χ3v) is 3.64. The molecular formula is C14H19N3O. The van der Waals surface area contributed by atoms with Gasteiger partial charge in [-0.15, -0.1) is 12.3 Å². The normalized spacial score (nSPS) is 21.4. The number of carbonyl (C=O) groups is 1. The lowest BCUT2D eigenvalue weighted by molar-refractivity contribution is -0.117. The van der Waals surface area contributed by atoms with Crippen LogP contribution >= 0.6 is 0 Å². The van der Waals surface area contributed by atoms with Crippen molar-refractivity contribution in [2.45, 2.75) is 33.2 Å². The summed E-state index contributed by atoms with van der Waals surface area (Å²) in [5.41, 5.74) is 0. The third kappa shape index (κ3) is 2.13. The predicted molar refractivity (Wildman–Crippen MR) is 71.1 cm³/mol. The Kier molecular flexibility index (Phi) is 3.42. The Morgan fingerprint density at radius 3 is 2.78 bits per heavy atom. The van der Waals surface area contributed by atoms with E-state index in [9.17, 15) is 4.79 Å². The fourth-order valence-corrected chi connectivity index (χ4v) is 2.16. The van der Waals surface area contributed by atoms with Crippen molar-refractivity contribution in [1.82, 2.24) is 9.78 Å². The Hall–Kier alpha value is -1.76. The summed E-state index contributed by atoms with van der Waals surface area (Å²) >= 11 is 0. The van der Waals surface area contributed by atoms with Crippen LogP contribution < -0.4 is 4.90 Å². The molecule has 0 bridgehead atoms. The highest BCUT2D eigenvalue weighted by atomic mass is 16.2. The molecule has 1 saturated heterocycles. The van der Waals surface area contributed by atoms with Crippen molar-refractivity contribution in [1.29, 1.82) is 0 Å². The van der Waals surface area contributed by atoms with Crippen molar-refractivity contribution in [3.05, 3.63) is 12.3 Å². The Bertz CT molecular complexity index is 483. The molecule has 0 spiro atoms. The number of anilines is 1. The summed E-state index contributed by atoms with van der Waals surface area (Å²) in [4.78, 5) is 13.7. The van der Waals surface area contributed by atoms with Crippen LogP contribution in [0.25, 0.3) is 0 Å². The standard InChI is InChI=1S/C14H19N3O/c1-5-12-8-14(18)16(9-12)13-6-7-15-17(13)11(4)10(2)3/h1,6-7,10-12H,8-9H2,2-4H3. The minimum atomic E-state index is 0.0233. The summed E-state index contributed by atoms with van der Waals surface area (Å²) in [5, 5.41) is 4.34. The first-order valence-electron chi connectivity index (χ1n) is 6.34. The largest absolute Gasteiger partial charge is 0.296 e. The SMILES string of the molecule is C#CC1CC(=O)N(c2ccnn2C(C)C(C)C)C1. The summed E-state index contributed by atoms with van der Waals surface area (Å²) in [6, 6.07) is 2.14. The van der Waals surface area contributed by atoms with Crippen molar-refractivity contribution < 1.29 is 4.79 Å². The molecule has 1 aliphatic heterocycles. The zero-order valence-corrected chi connectivity index (χ0v) is 11.1. The molecule has 1 aromatic rings. The van der Waals surface area contributed by atoms with Gasteiger partial charge in [-0.05, 0) is 12.8 Å². The lowest BCUT2D eigenvalue weighted by atomic mass is 10.1. The predicted octanol–water partition coefficient (Wildman–Crippen LogP) is 2.09. The second kappa shape index (κ2) is 4.85. The van der Waals surface area contributed by atoms with E-state index in [4.69, 9.17) is 6.42 Å². The number of hydrogen-bond acceptors (Lipinski definition) is 2. The van der Waals surface area contributed by atoms with Gasteiger partial charge in [-0.2, -0.15) is 5.10 Å². The molecule has 2 unspecified atom stereocenters. The first kappa shape index (κ1) is 12.7. The van der Waals surface area contributed by atoms with E-state index >= 15 is 0 Å². The second-order valence-corrected chi connectivity index (χ2v) is 5.19. The summed E-state index contributed by atoms with van der Waals surface area (Å²) in [6.45, 7) is 7.00. The quantitative estimate of drug-likeness (QED) is 0.765. The van der Waals surface area contributed by atoms with Gasteiger partial charge in [0.1, 0.15) is 5.82 Å². The van der Waals surface area contributed by atoms with Crippen LogP contribution in [-0.2, 0) is 4.79 Å². The molecule has 0 radical (unpaired) electrons. The highest BCUT2D eigenvalue weighted by Gasteiger charge is 2.32. The van der Waals surface area contributed by atoms with Gasteiger partial charge in [0.15, 0.2) is 0 Å². The Morgan fingerprint density at radius 2 is 2.22 bits per heavy atom. The second-order valence-electron chi connectivity index (χ2n) is 5.19. The third-order valence-electron chi connectivity index (χ3n) is 3.64. The van der Waals surface area contributed by atoms with E-state index in [0.717, 1.165) is 5.82 Å². The molecule has 0 aromatic carbocycles. The van der Waals surface area contributed by atoms with Crippen molar-refractivity contribution in [2.75, 3.05) is 11.4 Å². The minimum Gasteiger partial charge on any atom is -0.296 e. The van der Waals surface area contributed by atoms with Gasteiger partial charge < -0.3 is 0 Å². The fraction of sp³-hybridized carbons (Fsp3) is 0.571. The number of aromatic nitrogens is 2. The molecular weight excluding hydrogens is 226 g/mol. The summed E-state index contributed by atoms with van der Waals surface area (Å²) < 4.78 is 1.92. The van der Waals surface area contributed by atoms with E-state index in [0.29, 0.717) is 18.9 Å². The first-order chi connectivity index (χ1) is 8.54. The number of hydrogen-bond donors (Lipinski definition) is 0. The molecule has 0 saturated carbocycles. The molecule has 4 heteroatoms. The van der Waals surface area contributed by atoms with Crippen molar-refractivity contribution in [3.8, 4) is 12.3 Å². The summed E-state index contributed by atoms with van der Waals surface area (Å²) in [7, 11) is 0. The minimum absolute atomic E-state index is 0.0233. The van der Waals surface area contributed by atoms with Gasteiger partial charge in [0.25, 0.3) is 0 Å². The van der Waals surface area contributed by atoms with Gasteiger partial charge >= 0.3 is 0 Å². The molecule has 18 heavy (non-hydrogen) atoms. The van der Waals surface area contributed by atoms with Crippen LogP contribution in [0.2, 0.25) is 0 Å². The summed E-state index contributed by atoms with van der Waals surface area (Å²) in [6.07, 6.45) is 7.59. The van der Waals surface area contributed by atoms with Crippen molar-refractivity contribution in [3.63, 3.8) is 0 Å². The zero-order valence-electron chi connectivity index (χ0n) is 11.1. The lowest BCUT2D eigenvalue weighted by Gasteiger charge is -2.23. The molecule has 2 atom stereocenters. The van der Waals surface area contributed by atoms with Gasteiger partial charge in [-0.1, -0.05) is 13.8 Å². The topological polar surface area (TPSA) is 38.1 Å². The van der Waals surface area contributed by atoms with Gasteiger partial charge in [-0.25, -0.2) is 4.68 Å². The molecule has 1 fully saturated rings. The molecule has 2 heterocycles. The van der Waals surface area contributed by atoms with Gasteiger partial charge in [-0.3, -0.25) is 9.69 Å². The van der Waals surface area contributed by atoms with Crippen LogP contribution in [0.4, 0.5) is 5.82 Å². The monoisotopic (exact) mass is 245 g/mol. The Morgan fingerprint density at radius 1 is 1.50 bits per heavy atom. The molecule has 1 aliphatic rings. The molecule has 0 N–H and O–H groups in total. The van der Waals surface area contributed by atoms with Crippen LogP contribution in [0.3, 0.4) is 0 Å². The van der Waals surface area contributed by atoms with Crippen LogP contribution in [0.1, 0.15) is 33.2 Å². The van der Waals surface area contributed by atoms with E-state index in [-0.39, 0.29) is 17.9 Å². The van der Waals surface area contributed by atoms with Gasteiger partial charge in [0, 0.05) is 24.9 Å². The number of terminal acetylenes is 1. The van der Waals surface area contributed by atoms with Crippen LogP contribution in [0.5, 0.6) is 0 Å². The molecule has 0 aliphatic carbocycles. The van der Waals surface area contributed by atoms with E-state index in [1.807, 2.05) is 10.7 Å². The van der Waals surface area contributed by atoms with E-state index in [1.54, 1.807) is 11.1 Å². The fourth-order valence-electron chi connectivity index (χ4n) is 2.16. The highest BCUT2D eigenvalue weighted by molar-refractivity contribution is 5.95. The maximum Gasteiger partial charge on any atom is 0.229 e. The number of nitrogens with zero attached hydrogens (tertiary/aromatic N) is 3. The molecule has 1 amide bonds. The number of carbonyl (C=O) groups excluding carboxylic acids is 1. The molecule has 96 valence electrons.